The summed E-state index contributed by atoms with van der Waals surface area (Å²) in [5.74, 6) is -0.981. The first kappa shape index (κ1) is 14.0. The van der Waals surface area contributed by atoms with Gasteiger partial charge in [0, 0.05) is 11.0 Å². The molecular weight excluding hydrogens is 178 g/mol. The molecule has 0 radical (unpaired) electrons. The van der Waals surface area contributed by atoms with Crippen molar-refractivity contribution in [3.8, 4) is 0 Å². The molecule has 4 heteroatoms. The van der Waals surface area contributed by atoms with Crippen LogP contribution in [0.5, 0.6) is 0 Å². The first-order valence-electron chi connectivity index (χ1n) is 3.58. The van der Waals surface area contributed by atoms with Crippen molar-refractivity contribution >= 4 is 17.6 Å². The van der Waals surface area contributed by atoms with E-state index in [1.807, 2.05) is 13.8 Å². The van der Waals surface area contributed by atoms with Crippen LogP contribution in [0.3, 0.4) is 0 Å². The highest BCUT2D eigenvalue weighted by Crippen LogP contribution is 2.15. The van der Waals surface area contributed by atoms with Crippen LogP contribution in [-0.2, 0) is 4.79 Å². The normalized spacial score (nSPS) is 9.67. The van der Waals surface area contributed by atoms with Gasteiger partial charge in [0.1, 0.15) is 0 Å². The average Bonchev–Trinajstić information content (AvgIpc) is 1.86. The van der Waals surface area contributed by atoms with Gasteiger partial charge >= 0.3 is 5.97 Å². The Labute approximate surface area is 78.2 Å². The second kappa shape index (κ2) is 7.13. The highest BCUT2D eigenvalue weighted by molar-refractivity contribution is 6.23. The molecule has 0 aliphatic rings. The number of rotatable bonds is 3. The molecule has 0 aromatic carbocycles. The molecule has 0 atom stereocenters. The molecule has 72 valence electrons. The third-order valence-electron chi connectivity index (χ3n) is 0.913. The van der Waals surface area contributed by atoms with E-state index >= 15 is 0 Å². The van der Waals surface area contributed by atoms with Crippen molar-refractivity contribution in [3.05, 3.63) is 12.7 Å². The van der Waals surface area contributed by atoms with Gasteiger partial charge in [-0.25, -0.2) is 4.79 Å². The molecule has 3 nitrogen and oxygen atoms in total. The minimum atomic E-state index is -0.981. The Kier molecular flexibility index (Phi) is 8.32. The summed E-state index contributed by atoms with van der Waals surface area (Å²) in [5, 5.41) is 7.60. The number of alkyl halides is 1. The van der Waals surface area contributed by atoms with Crippen molar-refractivity contribution < 1.29 is 9.90 Å². The molecule has 0 saturated heterocycles. The molecule has 0 aliphatic carbocycles. The molecule has 0 saturated carbocycles. The SMILES string of the molecule is C=CC(=O)O.CC(C)(Cl)CCN. The maximum atomic E-state index is 9.25. The summed E-state index contributed by atoms with van der Waals surface area (Å²) < 4.78 is 0. The van der Waals surface area contributed by atoms with E-state index in [1.54, 1.807) is 0 Å². The van der Waals surface area contributed by atoms with Crippen LogP contribution in [-0.4, -0.2) is 22.5 Å². The second-order valence-electron chi connectivity index (χ2n) is 2.80. The fraction of sp³-hybridized carbons (Fsp3) is 0.625. The Morgan fingerprint density at radius 1 is 1.75 bits per heavy atom. The molecule has 0 aromatic rings. The topological polar surface area (TPSA) is 63.3 Å². The van der Waals surface area contributed by atoms with Crippen molar-refractivity contribution in [1.82, 2.24) is 0 Å². The lowest BCUT2D eigenvalue weighted by atomic mass is 10.1. The monoisotopic (exact) mass is 193 g/mol. The van der Waals surface area contributed by atoms with Gasteiger partial charge in [-0.3, -0.25) is 0 Å². The van der Waals surface area contributed by atoms with Crippen LogP contribution in [0.15, 0.2) is 12.7 Å². The lowest BCUT2D eigenvalue weighted by molar-refractivity contribution is -0.131. The highest BCUT2D eigenvalue weighted by Gasteiger charge is 2.09. The fourth-order valence-electron chi connectivity index (χ4n) is 0.343. The number of carboxylic acids is 1. The molecule has 0 heterocycles. The van der Waals surface area contributed by atoms with Gasteiger partial charge in [0.25, 0.3) is 0 Å². The van der Waals surface area contributed by atoms with Crippen molar-refractivity contribution in [2.45, 2.75) is 25.1 Å². The molecule has 12 heavy (non-hydrogen) atoms. The summed E-state index contributed by atoms with van der Waals surface area (Å²) in [4.78, 5) is 9.15. The number of carboxylic acid groups (broad SMARTS) is 1. The number of nitrogens with two attached hydrogens (primary N) is 1. The molecule has 0 bridgehead atoms. The van der Waals surface area contributed by atoms with Gasteiger partial charge in [0.15, 0.2) is 0 Å². The lowest BCUT2D eigenvalue weighted by Crippen LogP contribution is -2.16. The van der Waals surface area contributed by atoms with E-state index in [0.717, 1.165) is 12.5 Å². The summed E-state index contributed by atoms with van der Waals surface area (Å²) in [6.45, 7) is 7.56. The standard InChI is InChI=1S/C5H12ClN.C3H4O2/c1-5(2,6)3-4-7;1-2-3(4)5/h3-4,7H2,1-2H3;2H,1H2,(H,4,5). The predicted molar refractivity (Wildman–Crippen MR) is 51.4 cm³/mol. The van der Waals surface area contributed by atoms with Crippen LogP contribution in [0.4, 0.5) is 0 Å². The van der Waals surface area contributed by atoms with Gasteiger partial charge < -0.3 is 10.8 Å². The number of hydrogen-bond acceptors (Lipinski definition) is 2. The van der Waals surface area contributed by atoms with Crippen LogP contribution < -0.4 is 5.73 Å². The van der Waals surface area contributed by atoms with Crippen molar-refractivity contribution in [2.75, 3.05) is 6.54 Å². The zero-order chi connectivity index (χ0) is 10.2. The zero-order valence-corrected chi connectivity index (χ0v) is 8.27. The average molecular weight is 194 g/mol. The number of hydrogen-bond donors (Lipinski definition) is 2. The molecular formula is C8H16ClNO2. The van der Waals surface area contributed by atoms with Crippen LogP contribution in [0, 0.1) is 0 Å². The smallest absolute Gasteiger partial charge is 0.327 e. The van der Waals surface area contributed by atoms with Crippen molar-refractivity contribution in [3.63, 3.8) is 0 Å². The van der Waals surface area contributed by atoms with Crippen LogP contribution in [0.2, 0.25) is 0 Å². The van der Waals surface area contributed by atoms with E-state index < -0.39 is 5.97 Å². The summed E-state index contributed by atoms with van der Waals surface area (Å²) in [6.07, 6.45) is 1.72. The molecule has 0 aliphatic heterocycles. The van der Waals surface area contributed by atoms with E-state index in [0.29, 0.717) is 6.54 Å². The largest absolute Gasteiger partial charge is 0.478 e. The summed E-state index contributed by atoms with van der Waals surface area (Å²) >= 11 is 5.75. The molecule has 0 unspecified atom stereocenters. The Morgan fingerprint density at radius 2 is 2.08 bits per heavy atom. The highest BCUT2D eigenvalue weighted by atomic mass is 35.5. The Hall–Kier alpha value is -0.540. The second-order valence-corrected chi connectivity index (χ2v) is 3.82. The summed E-state index contributed by atoms with van der Waals surface area (Å²) in [6, 6.07) is 0. The van der Waals surface area contributed by atoms with Gasteiger partial charge in [0.05, 0.1) is 0 Å². The number of carbonyl (C=O) groups is 1. The third kappa shape index (κ3) is 22.7. The quantitative estimate of drug-likeness (QED) is 0.529. The van der Waals surface area contributed by atoms with Gasteiger partial charge in [0.2, 0.25) is 0 Å². The Balaban J connectivity index is 0. The van der Waals surface area contributed by atoms with Crippen LogP contribution >= 0.6 is 11.6 Å². The predicted octanol–water partition coefficient (Wildman–Crippen LogP) is 1.61. The minimum absolute atomic E-state index is 0.102. The van der Waals surface area contributed by atoms with E-state index in [2.05, 4.69) is 6.58 Å². The van der Waals surface area contributed by atoms with E-state index in [4.69, 9.17) is 22.4 Å². The van der Waals surface area contributed by atoms with Crippen molar-refractivity contribution in [1.29, 1.82) is 0 Å². The first-order valence-corrected chi connectivity index (χ1v) is 3.95. The first-order chi connectivity index (χ1) is 5.33. The lowest BCUT2D eigenvalue weighted by Gasteiger charge is -2.12. The van der Waals surface area contributed by atoms with Gasteiger partial charge in [-0.1, -0.05) is 6.58 Å². The zero-order valence-electron chi connectivity index (χ0n) is 7.51. The number of aliphatic carboxylic acids is 1. The molecule has 0 amide bonds. The van der Waals surface area contributed by atoms with Crippen LogP contribution in [0.1, 0.15) is 20.3 Å². The molecule has 0 aromatic heterocycles. The maximum absolute atomic E-state index is 9.25. The number of halogens is 1. The van der Waals surface area contributed by atoms with E-state index in [9.17, 15) is 4.79 Å². The van der Waals surface area contributed by atoms with Gasteiger partial charge in [-0.2, -0.15) is 0 Å². The Bertz CT molecular complexity index is 140. The van der Waals surface area contributed by atoms with Crippen LogP contribution in [0.25, 0.3) is 0 Å². The van der Waals surface area contributed by atoms with Gasteiger partial charge in [-0.05, 0) is 26.8 Å². The maximum Gasteiger partial charge on any atom is 0.327 e. The van der Waals surface area contributed by atoms with E-state index in [1.165, 1.54) is 0 Å². The third-order valence-corrected chi connectivity index (χ3v) is 1.10. The molecule has 0 fully saturated rings. The summed E-state index contributed by atoms with van der Waals surface area (Å²) in [7, 11) is 0. The minimum Gasteiger partial charge on any atom is -0.478 e. The van der Waals surface area contributed by atoms with E-state index in [-0.39, 0.29) is 4.87 Å². The molecule has 3 N–H and O–H groups in total. The molecule has 0 spiro atoms. The molecule has 0 rings (SSSR count). The van der Waals surface area contributed by atoms with Crippen molar-refractivity contribution in [2.24, 2.45) is 5.73 Å². The van der Waals surface area contributed by atoms with Gasteiger partial charge in [-0.15, -0.1) is 11.6 Å². The summed E-state index contributed by atoms with van der Waals surface area (Å²) in [5.41, 5.74) is 5.23. The fourth-order valence-corrected chi connectivity index (χ4v) is 0.452. The Morgan fingerprint density at radius 3 is 2.08 bits per heavy atom.